The molecular formula is C12H24N4O2. The lowest BCUT2D eigenvalue weighted by molar-refractivity contribution is -0.00688. The molecule has 1 aromatic heterocycles. The molecule has 0 aliphatic rings. The molecule has 0 aromatic carbocycles. The van der Waals surface area contributed by atoms with E-state index in [0.717, 1.165) is 31.9 Å². The Morgan fingerprint density at radius 1 is 1.44 bits per heavy atom. The molecule has 0 aliphatic carbocycles. The van der Waals surface area contributed by atoms with Crippen LogP contribution >= 0.6 is 0 Å². The molecule has 6 nitrogen and oxygen atoms in total. The van der Waals surface area contributed by atoms with Gasteiger partial charge in [-0.15, -0.1) is 5.10 Å². The van der Waals surface area contributed by atoms with Gasteiger partial charge >= 0.3 is 0 Å². The first-order chi connectivity index (χ1) is 8.76. The third kappa shape index (κ3) is 6.09. The summed E-state index contributed by atoms with van der Waals surface area (Å²) in [4.78, 5) is 0. The summed E-state index contributed by atoms with van der Waals surface area (Å²) in [6.45, 7) is 10.5. The fourth-order valence-electron chi connectivity index (χ4n) is 1.46. The summed E-state index contributed by atoms with van der Waals surface area (Å²) in [7, 11) is 0. The highest BCUT2D eigenvalue weighted by molar-refractivity contribution is 4.91. The van der Waals surface area contributed by atoms with Gasteiger partial charge in [0.2, 0.25) is 0 Å². The number of nitrogens with one attached hydrogen (secondary N) is 1. The molecule has 0 radical (unpaired) electrons. The molecule has 0 aliphatic heterocycles. The first-order valence-electron chi connectivity index (χ1n) is 6.55. The molecular weight excluding hydrogens is 232 g/mol. The summed E-state index contributed by atoms with van der Waals surface area (Å²) in [5.74, 6) is 0. The highest BCUT2D eigenvalue weighted by Crippen LogP contribution is 1.95. The average molecular weight is 256 g/mol. The van der Waals surface area contributed by atoms with Crippen LogP contribution in [0.3, 0.4) is 0 Å². The SMILES string of the molecule is CCNCc1cn(CCOC(C)COCC)nn1. The van der Waals surface area contributed by atoms with Gasteiger partial charge in [0, 0.05) is 19.3 Å². The average Bonchev–Trinajstić information content (AvgIpc) is 2.82. The Bertz CT molecular complexity index is 317. The van der Waals surface area contributed by atoms with E-state index in [0.29, 0.717) is 13.2 Å². The van der Waals surface area contributed by atoms with E-state index in [1.165, 1.54) is 0 Å². The number of nitrogens with zero attached hydrogens (tertiary/aromatic N) is 3. The molecule has 0 saturated carbocycles. The summed E-state index contributed by atoms with van der Waals surface area (Å²) in [6.07, 6.45) is 2.06. The van der Waals surface area contributed by atoms with Crippen molar-refractivity contribution in [2.45, 2.75) is 40.0 Å². The second kappa shape index (κ2) is 9.02. The van der Waals surface area contributed by atoms with Gasteiger partial charge in [0.25, 0.3) is 0 Å². The smallest absolute Gasteiger partial charge is 0.0964 e. The van der Waals surface area contributed by atoms with E-state index in [9.17, 15) is 0 Å². The topological polar surface area (TPSA) is 61.2 Å². The van der Waals surface area contributed by atoms with Crippen molar-refractivity contribution in [3.05, 3.63) is 11.9 Å². The summed E-state index contributed by atoms with van der Waals surface area (Å²) < 4.78 is 12.7. The normalized spacial score (nSPS) is 12.8. The summed E-state index contributed by atoms with van der Waals surface area (Å²) in [5, 5.41) is 11.3. The number of rotatable bonds is 10. The summed E-state index contributed by atoms with van der Waals surface area (Å²) in [6, 6.07) is 0. The first-order valence-corrected chi connectivity index (χ1v) is 6.55. The first kappa shape index (κ1) is 15.1. The third-order valence-corrected chi connectivity index (χ3v) is 2.42. The second-order valence-corrected chi connectivity index (χ2v) is 4.09. The molecule has 0 fully saturated rings. The van der Waals surface area contributed by atoms with Gasteiger partial charge < -0.3 is 14.8 Å². The van der Waals surface area contributed by atoms with Crippen molar-refractivity contribution in [1.82, 2.24) is 20.3 Å². The molecule has 1 rings (SSSR count). The van der Waals surface area contributed by atoms with E-state index in [4.69, 9.17) is 9.47 Å². The van der Waals surface area contributed by atoms with Crippen molar-refractivity contribution >= 4 is 0 Å². The molecule has 0 bridgehead atoms. The van der Waals surface area contributed by atoms with Crippen LogP contribution in [0.2, 0.25) is 0 Å². The van der Waals surface area contributed by atoms with Crippen LogP contribution in [0.5, 0.6) is 0 Å². The minimum Gasteiger partial charge on any atom is -0.379 e. The van der Waals surface area contributed by atoms with Crippen LogP contribution in [0.25, 0.3) is 0 Å². The van der Waals surface area contributed by atoms with Crippen LogP contribution in [0.4, 0.5) is 0 Å². The van der Waals surface area contributed by atoms with Crippen molar-refractivity contribution in [3.8, 4) is 0 Å². The zero-order chi connectivity index (χ0) is 13.2. The molecule has 18 heavy (non-hydrogen) atoms. The van der Waals surface area contributed by atoms with Gasteiger partial charge in [-0.1, -0.05) is 12.1 Å². The van der Waals surface area contributed by atoms with Crippen molar-refractivity contribution in [1.29, 1.82) is 0 Å². The summed E-state index contributed by atoms with van der Waals surface area (Å²) >= 11 is 0. The number of hydrogen-bond acceptors (Lipinski definition) is 5. The molecule has 6 heteroatoms. The fraction of sp³-hybridized carbons (Fsp3) is 0.833. The van der Waals surface area contributed by atoms with Gasteiger partial charge in [-0.2, -0.15) is 0 Å². The Morgan fingerprint density at radius 3 is 3.00 bits per heavy atom. The zero-order valence-corrected chi connectivity index (χ0v) is 11.6. The maximum atomic E-state index is 5.61. The van der Waals surface area contributed by atoms with E-state index in [1.54, 1.807) is 4.68 Å². The van der Waals surface area contributed by atoms with E-state index in [-0.39, 0.29) is 6.10 Å². The lowest BCUT2D eigenvalue weighted by Gasteiger charge is -2.12. The lowest BCUT2D eigenvalue weighted by atomic mass is 10.4. The van der Waals surface area contributed by atoms with Crippen LogP contribution < -0.4 is 5.32 Å². The number of ether oxygens (including phenoxy) is 2. The van der Waals surface area contributed by atoms with Crippen molar-refractivity contribution < 1.29 is 9.47 Å². The van der Waals surface area contributed by atoms with E-state index in [2.05, 4.69) is 22.6 Å². The number of aromatic nitrogens is 3. The third-order valence-electron chi connectivity index (χ3n) is 2.42. The maximum absolute atomic E-state index is 5.61. The van der Waals surface area contributed by atoms with E-state index >= 15 is 0 Å². The monoisotopic (exact) mass is 256 g/mol. The maximum Gasteiger partial charge on any atom is 0.0964 e. The Balaban J connectivity index is 2.16. The molecule has 1 heterocycles. The molecule has 1 N–H and O–H groups in total. The fourth-order valence-corrected chi connectivity index (χ4v) is 1.46. The van der Waals surface area contributed by atoms with Gasteiger partial charge in [-0.25, -0.2) is 4.68 Å². The predicted molar refractivity (Wildman–Crippen MR) is 69.3 cm³/mol. The molecule has 104 valence electrons. The quantitative estimate of drug-likeness (QED) is 0.672. The second-order valence-electron chi connectivity index (χ2n) is 4.09. The van der Waals surface area contributed by atoms with Gasteiger partial charge in [0.05, 0.1) is 31.6 Å². The standard InChI is InChI=1S/C12H24N4O2/c1-4-13-8-12-9-16(15-14-12)6-7-18-11(3)10-17-5-2/h9,11,13H,4-8,10H2,1-3H3. The molecule has 0 spiro atoms. The Morgan fingerprint density at radius 2 is 2.28 bits per heavy atom. The molecule has 1 unspecified atom stereocenters. The zero-order valence-electron chi connectivity index (χ0n) is 11.6. The van der Waals surface area contributed by atoms with E-state index < -0.39 is 0 Å². The molecule has 1 atom stereocenters. The van der Waals surface area contributed by atoms with Crippen LogP contribution in [-0.4, -0.2) is 47.5 Å². The minimum absolute atomic E-state index is 0.120. The predicted octanol–water partition coefficient (Wildman–Crippen LogP) is 0.829. The van der Waals surface area contributed by atoms with Crippen LogP contribution in [0.1, 0.15) is 26.5 Å². The Labute approximate surface area is 109 Å². The van der Waals surface area contributed by atoms with Gasteiger partial charge in [0.1, 0.15) is 0 Å². The lowest BCUT2D eigenvalue weighted by Crippen LogP contribution is -2.19. The van der Waals surface area contributed by atoms with Gasteiger partial charge in [-0.05, 0) is 20.4 Å². The van der Waals surface area contributed by atoms with Gasteiger partial charge in [-0.3, -0.25) is 0 Å². The van der Waals surface area contributed by atoms with Crippen molar-refractivity contribution in [2.75, 3.05) is 26.4 Å². The van der Waals surface area contributed by atoms with Crippen molar-refractivity contribution in [3.63, 3.8) is 0 Å². The Hall–Kier alpha value is -0.980. The van der Waals surface area contributed by atoms with Crippen LogP contribution in [0.15, 0.2) is 6.20 Å². The molecule has 1 aromatic rings. The highest BCUT2D eigenvalue weighted by atomic mass is 16.5. The van der Waals surface area contributed by atoms with Crippen molar-refractivity contribution in [2.24, 2.45) is 0 Å². The highest BCUT2D eigenvalue weighted by Gasteiger charge is 2.03. The largest absolute Gasteiger partial charge is 0.379 e. The van der Waals surface area contributed by atoms with E-state index in [1.807, 2.05) is 20.0 Å². The molecule has 0 saturated heterocycles. The van der Waals surface area contributed by atoms with Gasteiger partial charge in [0.15, 0.2) is 0 Å². The minimum atomic E-state index is 0.120. The number of hydrogen-bond donors (Lipinski definition) is 1. The summed E-state index contributed by atoms with van der Waals surface area (Å²) in [5.41, 5.74) is 0.958. The van der Waals surface area contributed by atoms with Crippen LogP contribution in [0, 0.1) is 0 Å². The Kier molecular flexibility index (Phi) is 7.55. The van der Waals surface area contributed by atoms with Crippen LogP contribution in [-0.2, 0) is 22.6 Å². The molecule has 0 amide bonds.